The maximum atomic E-state index is 2.82. The van der Waals surface area contributed by atoms with Crippen molar-refractivity contribution in [1.82, 2.24) is 9.13 Å². The van der Waals surface area contributed by atoms with Gasteiger partial charge in [0.2, 0.25) is 0 Å². The quantitative estimate of drug-likeness (QED) is 0.492. The van der Waals surface area contributed by atoms with E-state index in [1.807, 2.05) is 0 Å². The molecule has 0 saturated carbocycles. The molecular formula is C17H42N2Si2. The highest BCUT2D eigenvalue weighted by atomic mass is 28.3. The molecular weight excluding hydrogens is 288 g/mol. The summed E-state index contributed by atoms with van der Waals surface area (Å²) in [5.41, 5.74) is 0. The molecule has 0 aliphatic heterocycles. The standard InChI is InChI=1S/C17H42N2Si2/c1-9-12-18(16(3)4)20(7)14-11-15-21(8)19(13-10-2)17(5)6/h16-17,20-21H,9-15H2,1-8H3. The highest BCUT2D eigenvalue weighted by molar-refractivity contribution is 6.56. The van der Waals surface area contributed by atoms with Crippen molar-refractivity contribution in [3.63, 3.8) is 0 Å². The summed E-state index contributed by atoms with van der Waals surface area (Å²) in [6.07, 6.45) is 4.08. The topological polar surface area (TPSA) is 6.48 Å². The van der Waals surface area contributed by atoms with Crippen molar-refractivity contribution in [1.29, 1.82) is 0 Å². The van der Waals surface area contributed by atoms with Crippen molar-refractivity contribution in [3.8, 4) is 0 Å². The zero-order valence-corrected chi connectivity index (χ0v) is 18.5. The van der Waals surface area contributed by atoms with Crippen LogP contribution >= 0.6 is 0 Å². The Bertz CT molecular complexity index is 223. The van der Waals surface area contributed by atoms with Crippen LogP contribution in [0.3, 0.4) is 0 Å². The second-order valence-electron chi connectivity index (χ2n) is 7.29. The third-order valence-electron chi connectivity index (χ3n) is 4.67. The monoisotopic (exact) mass is 330 g/mol. The SMILES string of the molecule is CCCN(C(C)C)[SiH](C)CCC[SiH](C)N(CCC)C(C)C. The van der Waals surface area contributed by atoms with Crippen molar-refractivity contribution in [2.24, 2.45) is 0 Å². The van der Waals surface area contributed by atoms with E-state index < -0.39 is 17.9 Å². The summed E-state index contributed by atoms with van der Waals surface area (Å²) in [6, 6.07) is 4.50. The Hall–Kier alpha value is 0.354. The van der Waals surface area contributed by atoms with Crippen molar-refractivity contribution >= 4 is 17.9 Å². The molecule has 0 aliphatic rings. The summed E-state index contributed by atoms with van der Waals surface area (Å²) >= 11 is 0. The fourth-order valence-corrected chi connectivity index (χ4v) is 9.75. The zero-order chi connectivity index (χ0) is 16.4. The van der Waals surface area contributed by atoms with Crippen LogP contribution in [0.1, 0.15) is 60.8 Å². The molecule has 128 valence electrons. The van der Waals surface area contributed by atoms with Gasteiger partial charge >= 0.3 is 0 Å². The summed E-state index contributed by atoms with van der Waals surface area (Å²) in [7, 11) is -1.37. The summed E-state index contributed by atoms with van der Waals surface area (Å²) < 4.78 is 5.64. The fraction of sp³-hybridized carbons (Fsp3) is 1.00. The van der Waals surface area contributed by atoms with E-state index in [9.17, 15) is 0 Å². The molecule has 21 heavy (non-hydrogen) atoms. The normalized spacial score (nSPS) is 15.4. The van der Waals surface area contributed by atoms with Crippen LogP contribution in [0.4, 0.5) is 0 Å². The van der Waals surface area contributed by atoms with E-state index >= 15 is 0 Å². The molecule has 2 nitrogen and oxygen atoms in total. The van der Waals surface area contributed by atoms with Crippen LogP contribution in [-0.2, 0) is 0 Å². The first kappa shape index (κ1) is 21.4. The summed E-state index contributed by atoms with van der Waals surface area (Å²) in [5, 5.41) is 0. The molecule has 2 atom stereocenters. The molecule has 0 aromatic carbocycles. The van der Waals surface area contributed by atoms with E-state index in [0.29, 0.717) is 0 Å². The predicted octanol–water partition coefficient (Wildman–Crippen LogP) is 4.32. The molecule has 0 aromatic heterocycles. The van der Waals surface area contributed by atoms with Gasteiger partial charge in [-0.05, 0) is 50.1 Å². The third kappa shape index (κ3) is 8.53. The van der Waals surface area contributed by atoms with Gasteiger partial charge in [-0.25, -0.2) is 0 Å². The van der Waals surface area contributed by atoms with E-state index in [4.69, 9.17) is 0 Å². The lowest BCUT2D eigenvalue weighted by molar-refractivity contribution is 0.358. The largest absolute Gasteiger partial charge is 0.324 e. The minimum Gasteiger partial charge on any atom is -0.324 e. The average Bonchev–Trinajstić information content (AvgIpc) is 2.40. The molecule has 4 heteroatoms. The number of rotatable bonds is 12. The van der Waals surface area contributed by atoms with Gasteiger partial charge in [0, 0.05) is 0 Å². The van der Waals surface area contributed by atoms with E-state index in [-0.39, 0.29) is 0 Å². The Morgan fingerprint density at radius 3 is 1.29 bits per heavy atom. The zero-order valence-electron chi connectivity index (χ0n) is 16.2. The van der Waals surface area contributed by atoms with Gasteiger partial charge < -0.3 is 9.13 Å². The fourth-order valence-electron chi connectivity index (χ4n) is 3.53. The van der Waals surface area contributed by atoms with Gasteiger partial charge in [-0.1, -0.05) is 61.1 Å². The number of nitrogens with zero attached hydrogens (tertiary/aromatic N) is 2. The predicted molar refractivity (Wildman–Crippen MR) is 105 cm³/mol. The van der Waals surface area contributed by atoms with Crippen LogP contribution in [-0.4, -0.2) is 52.2 Å². The molecule has 0 heterocycles. The molecule has 0 saturated heterocycles. The van der Waals surface area contributed by atoms with Gasteiger partial charge in [0.05, 0.1) is 0 Å². The number of hydrogen-bond donors (Lipinski definition) is 0. The second kappa shape index (κ2) is 11.9. The van der Waals surface area contributed by atoms with E-state index in [1.165, 1.54) is 44.4 Å². The van der Waals surface area contributed by atoms with Gasteiger partial charge in [0.1, 0.15) is 17.9 Å². The molecule has 0 aromatic rings. The van der Waals surface area contributed by atoms with Crippen molar-refractivity contribution in [2.45, 2.75) is 98.1 Å². The average molecular weight is 331 g/mol. The van der Waals surface area contributed by atoms with Gasteiger partial charge in [-0.3, -0.25) is 0 Å². The van der Waals surface area contributed by atoms with E-state index in [2.05, 4.69) is 63.8 Å². The molecule has 0 rings (SSSR count). The summed E-state index contributed by atoms with van der Waals surface area (Å²) in [6.45, 7) is 21.9. The van der Waals surface area contributed by atoms with Crippen molar-refractivity contribution in [2.75, 3.05) is 13.1 Å². The van der Waals surface area contributed by atoms with Crippen LogP contribution in [0.2, 0.25) is 25.2 Å². The lowest BCUT2D eigenvalue weighted by Gasteiger charge is -2.34. The molecule has 0 bridgehead atoms. The highest BCUT2D eigenvalue weighted by Crippen LogP contribution is 2.15. The van der Waals surface area contributed by atoms with Gasteiger partial charge in [0.15, 0.2) is 0 Å². The maximum Gasteiger partial charge on any atom is 0.109 e. The Labute approximate surface area is 138 Å². The van der Waals surface area contributed by atoms with E-state index in [0.717, 1.165) is 12.1 Å². The summed E-state index contributed by atoms with van der Waals surface area (Å²) in [5.74, 6) is 0. The Kier molecular flexibility index (Phi) is 12.1. The van der Waals surface area contributed by atoms with Crippen LogP contribution in [0, 0.1) is 0 Å². The van der Waals surface area contributed by atoms with Crippen LogP contribution in [0.15, 0.2) is 0 Å². The Balaban J connectivity index is 4.21. The third-order valence-corrected chi connectivity index (χ3v) is 11.1. The molecule has 2 unspecified atom stereocenters. The smallest absolute Gasteiger partial charge is 0.109 e. The lowest BCUT2D eigenvalue weighted by Crippen LogP contribution is -2.44. The van der Waals surface area contributed by atoms with Gasteiger partial charge in [0.25, 0.3) is 0 Å². The second-order valence-corrected chi connectivity index (χ2v) is 13.2. The van der Waals surface area contributed by atoms with Crippen LogP contribution in [0.25, 0.3) is 0 Å². The van der Waals surface area contributed by atoms with Gasteiger partial charge in [-0.2, -0.15) is 0 Å². The minimum absolute atomic E-state index is 0.687. The van der Waals surface area contributed by atoms with Crippen molar-refractivity contribution in [3.05, 3.63) is 0 Å². The highest BCUT2D eigenvalue weighted by Gasteiger charge is 2.20. The first-order chi connectivity index (χ1) is 9.84. The molecule has 0 N–H and O–H groups in total. The van der Waals surface area contributed by atoms with Crippen LogP contribution in [0.5, 0.6) is 0 Å². The minimum atomic E-state index is -0.687. The Morgan fingerprint density at radius 1 is 0.714 bits per heavy atom. The van der Waals surface area contributed by atoms with Crippen molar-refractivity contribution < 1.29 is 0 Å². The maximum absolute atomic E-state index is 2.82. The Morgan fingerprint density at radius 2 is 1.05 bits per heavy atom. The molecule has 0 radical (unpaired) electrons. The number of hydrogen-bond acceptors (Lipinski definition) is 2. The summed E-state index contributed by atoms with van der Waals surface area (Å²) in [4.78, 5) is 0. The molecule has 0 amide bonds. The van der Waals surface area contributed by atoms with Crippen LogP contribution < -0.4 is 0 Å². The first-order valence-electron chi connectivity index (χ1n) is 9.36. The molecule has 0 spiro atoms. The molecule has 0 aliphatic carbocycles. The molecule has 0 fully saturated rings. The first-order valence-corrected chi connectivity index (χ1v) is 14.3. The lowest BCUT2D eigenvalue weighted by atomic mass is 10.4. The van der Waals surface area contributed by atoms with Gasteiger partial charge in [-0.15, -0.1) is 0 Å². The van der Waals surface area contributed by atoms with E-state index in [1.54, 1.807) is 0 Å².